The van der Waals surface area contributed by atoms with Gasteiger partial charge in [-0.15, -0.1) is 0 Å². The van der Waals surface area contributed by atoms with Gasteiger partial charge in [0.25, 0.3) is 0 Å². The quantitative estimate of drug-likeness (QED) is 0.857. The van der Waals surface area contributed by atoms with Crippen LogP contribution in [0.25, 0.3) is 0 Å². The SMILES string of the molecule is N#Cc1cccc(CC2COCCN2C(=O)O)c1. The minimum Gasteiger partial charge on any atom is -0.465 e. The molecule has 1 N–H and O–H groups in total. The summed E-state index contributed by atoms with van der Waals surface area (Å²) in [6.07, 6.45) is -0.346. The molecule has 0 radical (unpaired) electrons. The second-order valence-electron chi connectivity index (χ2n) is 4.22. The summed E-state index contributed by atoms with van der Waals surface area (Å²) in [6, 6.07) is 9.13. The third-order valence-electron chi connectivity index (χ3n) is 3.00. The summed E-state index contributed by atoms with van der Waals surface area (Å²) < 4.78 is 5.32. The summed E-state index contributed by atoms with van der Waals surface area (Å²) in [7, 11) is 0. The molecule has 1 heterocycles. The Hall–Kier alpha value is -2.06. The number of hydrogen-bond donors (Lipinski definition) is 1. The summed E-state index contributed by atoms with van der Waals surface area (Å²) in [6.45, 7) is 1.25. The van der Waals surface area contributed by atoms with Crippen LogP contribution in [0.5, 0.6) is 0 Å². The number of carboxylic acid groups (broad SMARTS) is 1. The van der Waals surface area contributed by atoms with Crippen LogP contribution in [0.15, 0.2) is 24.3 Å². The molecule has 1 fully saturated rings. The summed E-state index contributed by atoms with van der Waals surface area (Å²) >= 11 is 0. The predicted octanol–water partition coefficient (Wildman–Crippen LogP) is 1.48. The van der Waals surface area contributed by atoms with Crippen LogP contribution in [0.1, 0.15) is 11.1 Å². The van der Waals surface area contributed by atoms with E-state index in [1.54, 1.807) is 12.1 Å². The Morgan fingerprint density at radius 1 is 1.61 bits per heavy atom. The highest BCUT2D eigenvalue weighted by molar-refractivity contribution is 5.65. The van der Waals surface area contributed by atoms with E-state index in [2.05, 4.69) is 6.07 Å². The van der Waals surface area contributed by atoms with E-state index in [1.807, 2.05) is 12.1 Å². The third-order valence-corrected chi connectivity index (χ3v) is 3.00. The largest absolute Gasteiger partial charge is 0.465 e. The summed E-state index contributed by atoms with van der Waals surface area (Å²) in [4.78, 5) is 12.5. The molecule has 0 saturated carbocycles. The molecule has 1 atom stereocenters. The topological polar surface area (TPSA) is 73.6 Å². The third kappa shape index (κ3) is 2.79. The normalized spacial score (nSPS) is 19.3. The lowest BCUT2D eigenvalue weighted by atomic mass is 10.0. The van der Waals surface area contributed by atoms with Crippen LogP contribution in [0.2, 0.25) is 0 Å². The van der Waals surface area contributed by atoms with Gasteiger partial charge < -0.3 is 14.7 Å². The average Bonchev–Trinajstić information content (AvgIpc) is 2.39. The molecule has 5 heteroatoms. The van der Waals surface area contributed by atoms with Crippen molar-refractivity contribution in [1.29, 1.82) is 5.26 Å². The first kappa shape index (κ1) is 12.4. The zero-order valence-corrected chi connectivity index (χ0v) is 9.87. The van der Waals surface area contributed by atoms with Crippen molar-refractivity contribution in [3.05, 3.63) is 35.4 Å². The first-order chi connectivity index (χ1) is 8.70. The number of morpholine rings is 1. The van der Waals surface area contributed by atoms with Gasteiger partial charge in [0.05, 0.1) is 30.9 Å². The first-order valence-corrected chi connectivity index (χ1v) is 5.77. The van der Waals surface area contributed by atoms with E-state index in [0.29, 0.717) is 31.7 Å². The molecule has 1 aliphatic heterocycles. The molecule has 1 aromatic carbocycles. The van der Waals surface area contributed by atoms with E-state index in [1.165, 1.54) is 4.90 Å². The fraction of sp³-hybridized carbons (Fsp3) is 0.385. The fourth-order valence-corrected chi connectivity index (χ4v) is 2.12. The number of rotatable bonds is 2. The summed E-state index contributed by atoms with van der Waals surface area (Å²) in [5.74, 6) is 0. The van der Waals surface area contributed by atoms with Gasteiger partial charge in [0, 0.05) is 6.54 Å². The zero-order valence-electron chi connectivity index (χ0n) is 9.87. The summed E-state index contributed by atoms with van der Waals surface area (Å²) in [5.41, 5.74) is 1.54. The Bertz CT molecular complexity index is 481. The van der Waals surface area contributed by atoms with Crippen LogP contribution in [0, 0.1) is 11.3 Å². The number of hydrogen-bond acceptors (Lipinski definition) is 3. The van der Waals surface area contributed by atoms with Crippen molar-refractivity contribution in [2.45, 2.75) is 12.5 Å². The molecule has 1 aliphatic rings. The Morgan fingerprint density at radius 2 is 2.44 bits per heavy atom. The number of nitrogens with zero attached hydrogens (tertiary/aromatic N) is 2. The number of nitriles is 1. The molecule has 0 bridgehead atoms. The molecule has 18 heavy (non-hydrogen) atoms. The van der Waals surface area contributed by atoms with Gasteiger partial charge in [-0.2, -0.15) is 5.26 Å². The van der Waals surface area contributed by atoms with E-state index in [9.17, 15) is 4.79 Å². The van der Waals surface area contributed by atoms with E-state index >= 15 is 0 Å². The second-order valence-corrected chi connectivity index (χ2v) is 4.22. The van der Waals surface area contributed by atoms with E-state index in [-0.39, 0.29) is 6.04 Å². The van der Waals surface area contributed by atoms with Crippen molar-refractivity contribution in [1.82, 2.24) is 4.90 Å². The maximum Gasteiger partial charge on any atom is 0.407 e. The molecular formula is C13H14N2O3. The molecule has 1 saturated heterocycles. The fourth-order valence-electron chi connectivity index (χ4n) is 2.12. The van der Waals surface area contributed by atoms with Crippen molar-refractivity contribution >= 4 is 6.09 Å². The number of benzene rings is 1. The van der Waals surface area contributed by atoms with Crippen molar-refractivity contribution in [3.8, 4) is 6.07 Å². The Morgan fingerprint density at radius 3 is 3.17 bits per heavy atom. The van der Waals surface area contributed by atoms with Gasteiger partial charge in [0.15, 0.2) is 0 Å². The second kappa shape index (κ2) is 5.52. The van der Waals surface area contributed by atoms with Crippen molar-refractivity contribution in [2.24, 2.45) is 0 Å². The van der Waals surface area contributed by atoms with Gasteiger partial charge in [-0.3, -0.25) is 0 Å². The van der Waals surface area contributed by atoms with Gasteiger partial charge >= 0.3 is 6.09 Å². The molecule has 1 amide bonds. The Balaban J connectivity index is 2.11. The predicted molar refractivity (Wildman–Crippen MR) is 64.2 cm³/mol. The van der Waals surface area contributed by atoms with E-state index in [4.69, 9.17) is 15.1 Å². The van der Waals surface area contributed by atoms with Crippen LogP contribution in [-0.4, -0.2) is 41.9 Å². The van der Waals surface area contributed by atoms with E-state index < -0.39 is 6.09 Å². The average molecular weight is 246 g/mol. The van der Waals surface area contributed by atoms with Crippen LogP contribution >= 0.6 is 0 Å². The van der Waals surface area contributed by atoms with Gasteiger partial charge in [-0.05, 0) is 24.1 Å². The standard InChI is InChI=1S/C13H14N2O3/c14-8-11-3-1-2-10(6-11)7-12-9-18-5-4-15(12)13(16)17/h1-3,6,12H,4-5,7,9H2,(H,16,17). The van der Waals surface area contributed by atoms with Crippen molar-refractivity contribution < 1.29 is 14.6 Å². The highest BCUT2D eigenvalue weighted by atomic mass is 16.5. The molecule has 94 valence electrons. The monoisotopic (exact) mass is 246 g/mol. The lowest BCUT2D eigenvalue weighted by molar-refractivity contribution is 0.000286. The molecule has 5 nitrogen and oxygen atoms in total. The highest BCUT2D eigenvalue weighted by Crippen LogP contribution is 2.14. The smallest absolute Gasteiger partial charge is 0.407 e. The zero-order chi connectivity index (χ0) is 13.0. The van der Waals surface area contributed by atoms with Crippen molar-refractivity contribution in [2.75, 3.05) is 19.8 Å². The summed E-state index contributed by atoms with van der Waals surface area (Å²) in [5, 5.41) is 17.9. The molecular weight excluding hydrogens is 232 g/mol. The molecule has 0 aliphatic carbocycles. The van der Waals surface area contributed by atoms with Crippen LogP contribution in [0.3, 0.4) is 0 Å². The Kier molecular flexibility index (Phi) is 3.80. The minimum atomic E-state index is -0.917. The first-order valence-electron chi connectivity index (χ1n) is 5.77. The van der Waals surface area contributed by atoms with Crippen LogP contribution in [0.4, 0.5) is 4.79 Å². The van der Waals surface area contributed by atoms with Crippen LogP contribution in [-0.2, 0) is 11.2 Å². The van der Waals surface area contributed by atoms with Gasteiger partial charge in [0.1, 0.15) is 0 Å². The highest BCUT2D eigenvalue weighted by Gasteiger charge is 2.26. The maximum absolute atomic E-state index is 11.1. The van der Waals surface area contributed by atoms with Crippen molar-refractivity contribution in [3.63, 3.8) is 0 Å². The Labute approximate surface area is 105 Å². The van der Waals surface area contributed by atoms with E-state index in [0.717, 1.165) is 5.56 Å². The number of ether oxygens (including phenoxy) is 1. The van der Waals surface area contributed by atoms with Gasteiger partial charge in [-0.25, -0.2) is 4.79 Å². The maximum atomic E-state index is 11.1. The molecule has 1 aromatic rings. The lowest BCUT2D eigenvalue weighted by Crippen LogP contribution is -2.49. The molecule has 0 spiro atoms. The minimum absolute atomic E-state index is 0.176. The molecule has 2 rings (SSSR count). The number of carbonyl (C=O) groups is 1. The molecule has 0 aromatic heterocycles. The van der Waals surface area contributed by atoms with Gasteiger partial charge in [-0.1, -0.05) is 12.1 Å². The molecule has 1 unspecified atom stereocenters. The van der Waals surface area contributed by atoms with Crippen LogP contribution < -0.4 is 0 Å². The number of amides is 1. The lowest BCUT2D eigenvalue weighted by Gasteiger charge is -2.33. The van der Waals surface area contributed by atoms with Gasteiger partial charge in [0.2, 0.25) is 0 Å².